The van der Waals surface area contributed by atoms with Crippen molar-refractivity contribution in [2.45, 2.75) is 38.8 Å². The van der Waals surface area contributed by atoms with E-state index in [4.69, 9.17) is 4.99 Å². The Bertz CT molecular complexity index is 235. The van der Waals surface area contributed by atoms with Crippen molar-refractivity contribution in [3.05, 3.63) is 0 Å². The fourth-order valence-corrected chi connectivity index (χ4v) is 4.16. The lowest BCUT2D eigenvalue weighted by Crippen LogP contribution is -2.36. The normalized spacial score (nSPS) is 31.8. The molecule has 2 atom stereocenters. The molecule has 2 rings (SSSR count). The predicted octanol–water partition coefficient (Wildman–Crippen LogP) is 2.60. The maximum Gasteiger partial charge on any atom is 0.157 e. The molecule has 0 bridgehead atoms. The van der Waals surface area contributed by atoms with Gasteiger partial charge in [0.2, 0.25) is 0 Å². The lowest BCUT2D eigenvalue weighted by atomic mass is 10.1. The summed E-state index contributed by atoms with van der Waals surface area (Å²) in [5.41, 5.74) is 0. The third kappa shape index (κ3) is 3.31. The van der Waals surface area contributed by atoms with Crippen molar-refractivity contribution in [2.24, 2.45) is 10.9 Å². The van der Waals surface area contributed by atoms with Crippen molar-refractivity contribution in [2.75, 3.05) is 17.3 Å². The van der Waals surface area contributed by atoms with Crippen LogP contribution in [0.4, 0.5) is 0 Å². The van der Waals surface area contributed by atoms with Crippen LogP contribution in [0.5, 0.6) is 0 Å². The van der Waals surface area contributed by atoms with Gasteiger partial charge in [0.15, 0.2) is 5.17 Å². The van der Waals surface area contributed by atoms with Gasteiger partial charge < -0.3 is 5.32 Å². The Morgan fingerprint density at radius 1 is 1.40 bits per heavy atom. The second-order valence-electron chi connectivity index (χ2n) is 4.62. The van der Waals surface area contributed by atoms with Crippen LogP contribution in [-0.2, 0) is 0 Å². The lowest BCUT2D eigenvalue weighted by molar-refractivity contribution is 0.538. The quantitative estimate of drug-likeness (QED) is 0.808. The Morgan fingerprint density at radius 2 is 2.27 bits per heavy atom. The van der Waals surface area contributed by atoms with Crippen LogP contribution in [0, 0.1) is 5.92 Å². The molecule has 0 spiro atoms. The van der Waals surface area contributed by atoms with Gasteiger partial charge in [-0.25, -0.2) is 0 Å². The minimum Gasteiger partial charge on any atom is -0.361 e. The topological polar surface area (TPSA) is 24.4 Å². The summed E-state index contributed by atoms with van der Waals surface area (Å²) in [6, 6.07) is 1.20. The molecule has 0 amide bonds. The van der Waals surface area contributed by atoms with Crippen LogP contribution >= 0.6 is 23.5 Å². The Balaban J connectivity index is 1.81. The third-order valence-electron chi connectivity index (χ3n) is 2.93. The summed E-state index contributed by atoms with van der Waals surface area (Å²) in [7, 11) is 0. The smallest absolute Gasteiger partial charge is 0.157 e. The summed E-state index contributed by atoms with van der Waals surface area (Å²) in [5.74, 6) is 4.44. The molecule has 0 aliphatic carbocycles. The molecular weight excluding hydrogens is 224 g/mol. The molecule has 0 aromatic heterocycles. The van der Waals surface area contributed by atoms with Crippen molar-refractivity contribution < 1.29 is 0 Å². The lowest BCUT2D eigenvalue weighted by Gasteiger charge is -2.22. The van der Waals surface area contributed by atoms with Crippen LogP contribution in [0.25, 0.3) is 0 Å². The average Bonchev–Trinajstić information content (AvgIpc) is 2.68. The summed E-state index contributed by atoms with van der Waals surface area (Å²) in [4.78, 5) is 4.74. The zero-order chi connectivity index (χ0) is 10.7. The van der Waals surface area contributed by atoms with Crippen LogP contribution in [0.15, 0.2) is 4.99 Å². The first-order chi connectivity index (χ1) is 7.25. The monoisotopic (exact) mass is 244 g/mol. The van der Waals surface area contributed by atoms with Gasteiger partial charge in [0.1, 0.15) is 0 Å². The molecular formula is C11H20N2S2. The van der Waals surface area contributed by atoms with Crippen molar-refractivity contribution in [1.82, 2.24) is 5.32 Å². The van der Waals surface area contributed by atoms with Crippen LogP contribution in [-0.4, -0.2) is 34.5 Å². The van der Waals surface area contributed by atoms with E-state index in [1.807, 2.05) is 11.8 Å². The first-order valence-corrected chi connectivity index (χ1v) is 7.94. The van der Waals surface area contributed by atoms with Gasteiger partial charge in [-0.2, -0.15) is 11.8 Å². The molecule has 0 aromatic rings. The van der Waals surface area contributed by atoms with Gasteiger partial charge in [-0.1, -0.05) is 25.6 Å². The molecule has 2 aliphatic rings. The number of nitrogens with one attached hydrogen (secondary N) is 1. The molecule has 15 heavy (non-hydrogen) atoms. The van der Waals surface area contributed by atoms with Crippen molar-refractivity contribution in [3.63, 3.8) is 0 Å². The molecule has 2 aliphatic heterocycles. The van der Waals surface area contributed by atoms with E-state index in [2.05, 4.69) is 30.9 Å². The molecule has 2 unspecified atom stereocenters. The van der Waals surface area contributed by atoms with E-state index in [9.17, 15) is 0 Å². The number of hydrogen-bond donors (Lipinski definition) is 1. The SMILES string of the molecule is CC(C)C1CSC(NC2CCCSC2)=N1. The van der Waals surface area contributed by atoms with Gasteiger partial charge in [-0.05, 0) is 24.5 Å². The Hall–Kier alpha value is 0.170. The Morgan fingerprint density at radius 3 is 2.87 bits per heavy atom. The standard InChI is InChI=1S/C11H20N2S2/c1-8(2)10-7-15-11(13-10)12-9-4-3-5-14-6-9/h8-10H,3-7H2,1-2H3,(H,12,13). The Kier molecular flexibility index (Phi) is 4.26. The fraction of sp³-hybridized carbons (Fsp3) is 0.909. The predicted molar refractivity (Wildman–Crippen MR) is 72.0 cm³/mol. The van der Waals surface area contributed by atoms with E-state index in [0.717, 1.165) is 0 Å². The summed E-state index contributed by atoms with van der Waals surface area (Å²) < 4.78 is 0. The van der Waals surface area contributed by atoms with E-state index < -0.39 is 0 Å². The number of amidine groups is 1. The molecule has 0 saturated carbocycles. The molecule has 1 saturated heterocycles. The van der Waals surface area contributed by atoms with Gasteiger partial charge in [0.05, 0.1) is 6.04 Å². The molecule has 2 heterocycles. The van der Waals surface area contributed by atoms with E-state index in [0.29, 0.717) is 18.0 Å². The molecule has 0 radical (unpaired) electrons. The largest absolute Gasteiger partial charge is 0.361 e. The first-order valence-electron chi connectivity index (χ1n) is 5.80. The maximum absolute atomic E-state index is 4.74. The van der Waals surface area contributed by atoms with Crippen molar-refractivity contribution in [1.29, 1.82) is 0 Å². The highest BCUT2D eigenvalue weighted by atomic mass is 32.2. The highest BCUT2D eigenvalue weighted by Gasteiger charge is 2.23. The minimum atomic E-state index is 0.536. The molecule has 4 heteroatoms. The summed E-state index contributed by atoms with van der Waals surface area (Å²) >= 11 is 3.97. The van der Waals surface area contributed by atoms with Gasteiger partial charge in [0, 0.05) is 17.5 Å². The zero-order valence-electron chi connectivity index (χ0n) is 9.53. The number of thioether (sulfide) groups is 2. The highest BCUT2D eigenvalue weighted by molar-refractivity contribution is 8.14. The summed E-state index contributed by atoms with van der Waals surface area (Å²) in [5, 5.41) is 4.79. The number of nitrogens with zero attached hydrogens (tertiary/aromatic N) is 1. The zero-order valence-corrected chi connectivity index (χ0v) is 11.2. The van der Waals surface area contributed by atoms with E-state index >= 15 is 0 Å². The highest BCUT2D eigenvalue weighted by Crippen LogP contribution is 2.24. The van der Waals surface area contributed by atoms with Crippen molar-refractivity contribution >= 4 is 28.7 Å². The molecule has 86 valence electrons. The maximum atomic E-state index is 4.74. The average molecular weight is 244 g/mol. The van der Waals surface area contributed by atoms with E-state index in [-0.39, 0.29) is 0 Å². The van der Waals surface area contributed by atoms with Crippen LogP contribution in [0.3, 0.4) is 0 Å². The van der Waals surface area contributed by atoms with Gasteiger partial charge in [-0.3, -0.25) is 4.99 Å². The minimum absolute atomic E-state index is 0.536. The second kappa shape index (κ2) is 5.48. The number of rotatable bonds is 2. The van der Waals surface area contributed by atoms with Crippen LogP contribution < -0.4 is 5.32 Å². The van der Waals surface area contributed by atoms with Gasteiger partial charge in [-0.15, -0.1) is 0 Å². The Labute approximate surface area is 101 Å². The number of aliphatic imine (C=N–C) groups is 1. The van der Waals surface area contributed by atoms with Crippen LogP contribution in [0.1, 0.15) is 26.7 Å². The second-order valence-corrected chi connectivity index (χ2v) is 6.77. The van der Waals surface area contributed by atoms with Gasteiger partial charge in [0.25, 0.3) is 0 Å². The molecule has 2 nitrogen and oxygen atoms in total. The van der Waals surface area contributed by atoms with E-state index in [1.165, 1.54) is 35.3 Å². The van der Waals surface area contributed by atoms with Crippen molar-refractivity contribution in [3.8, 4) is 0 Å². The fourth-order valence-electron chi connectivity index (χ4n) is 1.84. The summed E-state index contributed by atoms with van der Waals surface area (Å²) in [6.07, 6.45) is 2.67. The molecule has 1 N–H and O–H groups in total. The third-order valence-corrected chi connectivity index (χ3v) is 5.15. The summed E-state index contributed by atoms with van der Waals surface area (Å²) in [6.45, 7) is 4.52. The van der Waals surface area contributed by atoms with E-state index in [1.54, 1.807) is 0 Å². The molecule has 1 fully saturated rings. The van der Waals surface area contributed by atoms with Crippen LogP contribution in [0.2, 0.25) is 0 Å². The van der Waals surface area contributed by atoms with Gasteiger partial charge >= 0.3 is 0 Å². The number of hydrogen-bond acceptors (Lipinski definition) is 4. The first kappa shape index (κ1) is 11.6. The molecule has 0 aromatic carbocycles.